The van der Waals surface area contributed by atoms with E-state index in [1.165, 1.54) is 0 Å². The Morgan fingerprint density at radius 3 is 2.60 bits per heavy atom. The lowest BCUT2D eigenvalue weighted by atomic mass is 10.0. The van der Waals surface area contributed by atoms with E-state index >= 15 is 0 Å². The zero-order chi connectivity index (χ0) is 20.9. The molecular formula is C23H26N4O3. The Kier molecular flexibility index (Phi) is 5.97. The average molecular weight is 406 g/mol. The first kappa shape index (κ1) is 19.9. The van der Waals surface area contributed by atoms with Crippen LogP contribution < -0.4 is 10.1 Å². The minimum Gasteiger partial charge on any atom is -0.494 e. The third kappa shape index (κ3) is 4.62. The van der Waals surface area contributed by atoms with E-state index in [1.807, 2.05) is 58.9 Å². The van der Waals surface area contributed by atoms with Crippen LogP contribution in [0.25, 0.3) is 5.65 Å². The summed E-state index contributed by atoms with van der Waals surface area (Å²) >= 11 is 0. The molecule has 3 heterocycles. The van der Waals surface area contributed by atoms with E-state index in [0.29, 0.717) is 25.3 Å². The van der Waals surface area contributed by atoms with Crippen molar-refractivity contribution in [3.05, 3.63) is 66.1 Å². The van der Waals surface area contributed by atoms with Crippen LogP contribution in [-0.4, -0.2) is 51.8 Å². The number of aromatic nitrogens is 2. The van der Waals surface area contributed by atoms with Gasteiger partial charge in [0.05, 0.1) is 18.7 Å². The van der Waals surface area contributed by atoms with Crippen LogP contribution in [0.2, 0.25) is 0 Å². The van der Waals surface area contributed by atoms with Crippen molar-refractivity contribution >= 4 is 17.5 Å². The number of ether oxygens (including phenoxy) is 1. The highest BCUT2D eigenvalue weighted by atomic mass is 16.5. The highest BCUT2D eigenvalue weighted by Crippen LogP contribution is 2.17. The van der Waals surface area contributed by atoms with Gasteiger partial charge in [0, 0.05) is 37.1 Å². The molecule has 30 heavy (non-hydrogen) atoms. The fraction of sp³-hybridized carbons (Fsp3) is 0.348. The number of hydrogen-bond donors (Lipinski definition) is 1. The Balaban J connectivity index is 1.26. The van der Waals surface area contributed by atoms with Crippen LogP contribution >= 0.6 is 0 Å². The molecule has 1 fully saturated rings. The van der Waals surface area contributed by atoms with E-state index in [2.05, 4.69) is 10.3 Å². The maximum atomic E-state index is 12.7. The normalized spacial score (nSPS) is 14.6. The van der Waals surface area contributed by atoms with Crippen LogP contribution in [0.5, 0.6) is 5.75 Å². The van der Waals surface area contributed by atoms with Gasteiger partial charge in [-0.2, -0.15) is 0 Å². The quantitative estimate of drug-likeness (QED) is 0.683. The SMILES string of the molecule is CCOc1ccc(C(=O)N2CCC(NC(=O)Cc3cn4ccccc4n3)CC2)cc1. The first-order valence-corrected chi connectivity index (χ1v) is 10.4. The van der Waals surface area contributed by atoms with E-state index in [-0.39, 0.29) is 24.3 Å². The minimum absolute atomic E-state index is 0.0209. The van der Waals surface area contributed by atoms with E-state index in [4.69, 9.17) is 4.74 Å². The number of benzene rings is 1. The summed E-state index contributed by atoms with van der Waals surface area (Å²) in [5.41, 5.74) is 2.25. The van der Waals surface area contributed by atoms with Gasteiger partial charge >= 0.3 is 0 Å². The predicted octanol–water partition coefficient (Wildman–Crippen LogP) is 2.70. The van der Waals surface area contributed by atoms with Crippen molar-refractivity contribution in [3.8, 4) is 5.75 Å². The number of amides is 2. The van der Waals surface area contributed by atoms with Crippen LogP contribution in [0.3, 0.4) is 0 Å². The van der Waals surface area contributed by atoms with Gasteiger partial charge in [-0.25, -0.2) is 4.98 Å². The molecule has 0 atom stereocenters. The van der Waals surface area contributed by atoms with Crippen molar-refractivity contribution in [2.24, 2.45) is 0 Å². The van der Waals surface area contributed by atoms with Crippen molar-refractivity contribution in [3.63, 3.8) is 0 Å². The number of carbonyl (C=O) groups excluding carboxylic acids is 2. The number of carbonyl (C=O) groups is 2. The molecule has 2 aromatic heterocycles. The Bertz CT molecular complexity index is 987. The largest absolute Gasteiger partial charge is 0.494 e. The van der Waals surface area contributed by atoms with Gasteiger partial charge in [-0.1, -0.05) is 6.07 Å². The van der Waals surface area contributed by atoms with Crippen molar-refractivity contribution in [1.29, 1.82) is 0 Å². The molecule has 7 heteroatoms. The molecule has 0 spiro atoms. The fourth-order valence-corrected chi connectivity index (χ4v) is 3.79. The molecule has 0 saturated carbocycles. The molecular weight excluding hydrogens is 380 g/mol. The summed E-state index contributed by atoms with van der Waals surface area (Å²) in [5.74, 6) is 0.753. The van der Waals surface area contributed by atoms with Gasteiger partial charge in [0.25, 0.3) is 5.91 Å². The second kappa shape index (κ2) is 8.98. The van der Waals surface area contributed by atoms with E-state index in [9.17, 15) is 9.59 Å². The van der Waals surface area contributed by atoms with Crippen molar-refractivity contribution in [1.82, 2.24) is 19.6 Å². The Hall–Kier alpha value is -3.35. The highest BCUT2D eigenvalue weighted by Gasteiger charge is 2.24. The first-order valence-electron chi connectivity index (χ1n) is 10.4. The summed E-state index contributed by atoms with van der Waals surface area (Å²) in [6, 6.07) is 13.1. The summed E-state index contributed by atoms with van der Waals surface area (Å²) < 4.78 is 7.34. The Morgan fingerprint density at radius 2 is 1.90 bits per heavy atom. The number of pyridine rings is 1. The average Bonchev–Trinajstić information content (AvgIpc) is 3.16. The van der Waals surface area contributed by atoms with Gasteiger partial charge in [-0.3, -0.25) is 9.59 Å². The third-order valence-corrected chi connectivity index (χ3v) is 5.32. The number of piperidine rings is 1. The number of nitrogens with one attached hydrogen (secondary N) is 1. The lowest BCUT2D eigenvalue weighted by molar-refractivity contribution is -0.121. The van der Waals surface area contributed by atoms with Gasteiger partial charge in [0.2, 0.25) is 5.91 Å². The fourth-order valence-electron chi connectivity index (χ4n) is 3.79. The minimum atomic E-state index is -0.0327. The summed E-state index contributed by atoms with van der Waals surface area (Å²) in [5, 5.41) is 3.09. The van der Waals surface area contributed by atoms with E-state index < -0.39 is 0 Å². The van der Waals surface area contributed by atoms with Gasteiger partial charge in [-0.15, -0.1) is 0 Å². The number of likely N-dealkylation sites (tertiary alicyclic amines) is 1. The van der Waals surface area contributed by atoms with Crippen molar-refractivity contribution in [2.75, 3.05) is 19.7 Å². The second-order valence-corrected chi connectivity index (χ2v) is 7.47. The third-order valence-electron chi connectivity index (χ3n) is 5.32. The zero-order valence-corrected chi connectivity index (χ0v) is 17.1. The molecule has 4 rings (SSSR count). The maximum Gasteiger partial charge on any atom is 0.253 e. The van der Waals surface area contributed by atoms with Gasteiger partial charge in [0.15, 0.2) is 0 Å². The van der Waals surface area contributed by atoms with Crippen LogP contribution in [0.1, 0.15) is 35.8 Å². The molecule has 0 radical (unpaired) electrons. The molecule has 3 aromatic rings. The van der Waals surface area contributed by atoms with Gasteiger partial charge < -0.3 is 19.4 Å². The molecule has 1 aromatic carbocycles. The number of nitrogens with zero attached hydrogens (tertiary/aromatic N) is 3. The summed E-state index contributed by atoms with van der Waals surface area (Å²) in [6.45, 7) is 3.79. The van der Waals surface area contributed by atoms with Crippen molar-refractivity contribution in [2.45, 2.75) is 32.2 Å². The molecule has 0 bridgehead atoms. The summed E-state index contributed by atoms with van der Waals surface area (Å²) in [4.78, 5) is 31.5. The second-order valence-electron chi connectivity index (χ2n) is 7.47. The molecule has 7 nitrogen and oxygen atoms in total. The van der Waals surface area contributed by atoms with E-state index in [1.54, 1.807) is 12.1 Å². The van der Waals surface area contributed by atoms with Crippen LogP contribution in [0, 0.1) is 0 Å². The Morgan fingerprint density at radius 1 is 1.13 bits per heavy atom. The lowest BCUT2D eigenvalue weighted by Gasteiger charge is -2.32. The van der Waals surface area contributed by atoms with Crippen molar-refractivity contribution < 1.29 is 14.3 Å². The molecule has 0 unspecified atom stereocenters. The number of hydrogen-bond acceptors (Lipinski definition) is 4. The summed E-state index contributed by atoms with van der Waals surface area (Å²) in [6.07, 6.45) is 5.56. The van der Waals surface area contributed by atoms with Gasteiger partial charge in [0.1, 0.15) is 11.4 Å². The van der Waals surface area contributed by atoms with Crippen LogP contribution in [-0.2, 0) is 11.2 Å². The number of imidazole rings is 1. The molecule has 0 aliphatic carbocycles. The standard InChI is InChI=1S/C23H26N4O3/c1-2-30-20-8-6-17(7-9-20)23(29)26-13-10-18(11-14-26)25-22(28)15-19-16-27-12-4-3-5-21(27)24-19/h3-9,12,16,18H,2,10-11,13-15H2,1H3,(H,25,28). The smallest absolute Gasteiger partial charge is 0.253 e. The molecule has 1 aliphatic rings. The monoisotopic (exact) mass is 406 g/mol. The van der Waals surface area contributed by atoms with Gasteiger partial charge in [-0.05, 0) is 56.2 Å². The highest BCUT2D eigenvalue weighted by molar-refractivity contribution is 5.94. The maximum absolute atomic E-state index is 12.7. The predicted molar refractivity (Wildman–Crippen MR) is 114 cm³/mol. The molecule has 1 N–H and O–H groups in total. The molecule has 2 amide bonds. The number of rotatable bonds is 6. The molecule has 1 aliphatic heterocycles. The zero-order valence-electron chi connectivity index (χ0n) is 17.1. The summed E-state index contributed by atoms with van der Waals surface area (Å²) in [7, 11) is 0. The first-order chi connectivity index (χ1) is 14.6. The van der Waals surface area contributed by atoms with Crippen LogP contribution in [0.4, 0.5) is 0 Å². The molecule has 156 valence electrons. The lowest BCUT2D eigenvalue weighted by Crippen LogP contribution is -2.46. The molecule has 1 saturated heterocycles. The topological polar surface area (TPSA) is 75.9 Å². The van der Waals surface area contributed by atoms with E-state index in [0.717, 1.165) is 29.9 Å². The van der Waals surface area contributed by atoms with Crippen LogP contribution in [0.15, 0.2) is 54.9 Å². The number of fused-ring (bicyclic) bond motifs is 1. The Labute approximate surface area is 175 Å².